The van der Waals surface area contributed by atoms with Gasteiger partial charge in [0.1, 0.15) is 23.0 Å². The lowest BCUT2D eigenvalue weighted by molar-refractivity contribution is -0.144. The third kappa shape index (κ3) is 20.5. The van der Waals surface area contributed by atoms with Gasteiger partial charge in [0.2, 0.25) is 23.6 Å². The largest absolute Gasteiger partial charge is 0.501 e. The summed E-state index contributed by atoms with van der Waals surface area (Å²) in [5.74, 6) is -2.44. The van der Waals surface area contributed by atoms with Gasteiger partial charge < -0.3 is 45.4 Å². The number of thioether (sulfide) groups is 1. The summed E-state index contributed by atoms with van der Waals surface area (Å²) < 4.78 is 108. The van der Waals surface area contributed by atoms with Gasteiger partial charge in [-0.1, -0.05) is 113 Å². The molecule has 6 amide bonds. The number of benzene rings is 5. The summed E-state index contributed by atoms with van der Waals surface area (Å²) in [6.45, 7) is 18.7. The number of sulfone groups is 1. The number of likely N-dealkylation sites (tertiary alicyclic amines) is 1. The predicted octanol–water partition coefficient (Wildman–Crippen LogP) is 12.3. The number of aliphatic hydroxyl groups is 1. The number of hydrogen-bond donors (Lipinski definition) is 5. The highest BCUT2D eigenvalue weighted by Crippen LogP contribution is 2.46. The number of aryl methyl sites for hydroxylation is 1. The molecular formula is C83H103ClF3N11O12S4. The second-order valence-electron chi connectivity index (χ2n) is 32.6. The van der Waals surface area contributed by atoms with Crippen LogP contribution < -0.4 is 30.5 Å². The van der Waals surface area contributed by atoms with Crippen molar-refractivity contribution in [2.24, 2.45) is 10.8 Å². The van der Waals surface area contributed by atoms with Crippen molar-refractivity contribution >= 4 is 113 Å². The minimum atomic E-state index is -6.26. The van der Waals surface area contributed by atoms with Gasteiger partial charge in [0.05, 0.1) is 50.2 Å². The van der Waals surface area contributed by atoms with Gasteiger partial charge in [0.25, 0.3) is 31.7 Å². The molecule has 1 aromatic heterocycles. The van der Waals surface area contributed by atoms with Crippen molar-refractivity contribution in [3.8, 4) is 10.4 Å². The Balaban J connectivity index is 0.647. The molecule has 1 unspecified atom stereocenters. The van der Waals surface area contributed by atoms with Crippen LogP contribution in [0.4, 0.5) is 30.2 Å². The number of aliphatic hydroxyl groups excluding tert-OH is 1. The Morgan fingerprint density at radius 3 is 2.18 bits per heavy atom. The van der Waals surface area contributed by atoms with Crippen LogP contribution >= 0.6 is 34.7 Å². The third-order valence-corrected chi connectivity index (χ3v) is 27.9. The molecule has 23 nitrogen and oxygen atoms in total. The normalized spacial score (nSPS) is 20.2. The summed E-state index contributed by atoms with van der Waals surface area (Å²) in [7, 11) is -11.4. The number of rotatable bonds is 28. The smallest absolute Gasteiger partial charge is 0.391 e. The van der Waals surface area contributed by atoms with E-state index < -0.39 is 100 Å². The molecule has 0 radical (unpaired) electrons. The lowest BCUT2D eigenvalue weighted by atomic mass is 9.72. The molecule has 5 N–H and O–H groups in total. The number of nitrogens with zero attached hydrogens (tertiary/aromatic N) is 7. The number of unbranched alkanes of at least 4 members (excludes halogenated alkanes) is 2. The standard InChI is InChI=1S/C83H103ClF3N11O12S4/c1-53(55-18-20-57(21-19-55)75-54(2)88-52-112-75)89-78(103)70-45-63(99)49-97(70)80(105)76(81(3,4)5)91-73(100)16-12-9-13-17-74(101)95-39-36-93(37-40-95)35-31-61(51-111-64-14-10-8-11-15-64)90-67-28-27-65(46-72(67)113(106,107)83(85,86)87)114(108,109)92-77(102)58-24-29-68-69(44-58)98(62-32-42-110-43-33-62)79(104)71-50-94(38-41-96(68)71)48-59-47-82(6,7)34-30-66(59)56-22-25-60(84)26-23-56/h8,10-11,14-15,18-29,44,46,52-53,61-63,70-71,76,90,99H,9,12-13,16-17,30-43,45,47-51H2,1-7H3,(H,89,103)(H,91,100)(H,92,102)/t53-,61+,63+,70-,71?,76+/m0/s1. The van der Waals surface area contributed by atoms with Crippen LogP contribution in [0.15, 0.2) is 141 Å². The number of alkyl halides is 3. The van der Waals surface area contributed by atoms with E-state index in [2.05, 4.69) is 56.7 Å². The van der Waals surface area contributed by atoms with Crippen molar-refractivity contribution in [3.05, 3.63) is 154 Å². The van der Waals surface area contributed by atoms with Gasteiger partial charge >= 0.3 is 5.51 Å². The molecule has 6 aromatic rings. The number of amides is 6. The summed E-state index contributed by atoms with van der Waals surface area (Å²) in [6.07, 6.45) is 4.98. The third-order valence-electron chi connectivity index (χ3n) is 22.6. The lowest BCUT2D eigenvalue weighted by Gasteiger charge is -2.50. The number of β-amino-alcohol motifs (C(OH)–C–C–N with tert-alkyl or cyclic N) is 1. The molecule has 1 aliphatic carbocycles. The van der Waals surface area contributed by atoms with Gasteiger partial charge in [0.15, 0.2) is 0 Å². The molecule has 6 aliphatic rings. The Bertz CT molecular complexity index is 4750. The number of allylic oxidation sites excluding steroid dienone is 1. The van der Waals surface area contributed by atoms with Gasteiger partial charge in [0, 0.05) is 131 Å². The first-order valence-electron chi connectivity index (χ1n) is 39.2. The molecule has 114 heavy (non-hydrogen) atoms. The Morgan fingerprint density at radius 2 is 1.50 bits per heavy atom. The number of carbonyl (C=O) groups excluding carboxylic acids is 6. The number of aromatic nitrogens is 1. The first-order valence-corrected chi connectivity index (χ1v) is 44.4. The summed E-state index contributed by atoms with van der Waals surface area (Å²) in [4.78, 5) is 100.0. The van der Waals surface area contributed by atoms with E-state index in [1.54, 1.807) is 32.7 Å². The zero-order valence-corrected chi connectivity index (χ0v) is 69.5. The number of hydrogen-bond acceptors (Lipinski definition) is 19. The van der Waals surface area contributed by atoms with Crippen molar-refractivity contribution in [2.45, 2.75) is 188 Å². The number of nitrogens with one attached hydrogen (secondary N) is 4. The summed E-state index contributed by atoms with van der Waals surface area (Å²) >= 11 is 9.23. The van der Waals surface area contributed by atoms with Crippen LogP contribution in [-0.2, 0) is 48.6 Å². The van der Waals surface area contributed by atoms with Gasteiger partial charge in [-0.2, -0.15) is 13.2 Å². The van der Waals surface area contributed by atoms with Crippen molar-refractivity contribution in [1.82, 2.24) is 39.9 Å². The van der Waals surface area contributed by atoms with Crippen molar-refractivity contribution < 1.29 is 68.6 Å². The number of halogens is 4. The van der Waals surface area contributed by atoms with E-state index in [1.165, 1.54) is 39.9 Å². The number of sulfonamides is 1. The van der Waals surface area contributed by atoms with Crippen LogP contribution in [0.1, 0.15) is 152 Å². The molecule has 6 heterocycles. The summed E-state index contributed by atoms with van der Waals surface area (Å²) in [5.41, 5.74) is 2.18. The maximum absolute atomic E-state index is 15.1. The molecule has 4 fully saturated rings. The maximum atomic E-state index is 15.1. The number of anilines is 3. The van der Waals surface area contributed by atoms with E-state index in [4.69, 9.17) is 16.3 Å². The second-order valence-corrected chi connectivity index (χ2v) is 38.6. The van der Waals surface area contributed by atoms with E-state index in [0.29, 0.717) is 127 Å². The molecule has 5 aromatic carbocycles. The molecule has 0 bridgehead atoms. The van der Waals surface area contributed by atoms with Gasteiger partial charge in [-0.3, -0.25) is 38.6 Å². The molecular weight excluding hydrogens is 1560 g/mol. The first-order chi connectivity index (χ1) is 54.1. The van der Waals surface area contributed by atoms with E-state index in [9.17, 15) is 59.1 Å². The number of piperazine rings is 2. The van der Waals surface area contributed by atoms with Gasteiger partial charge in [-0.25, -0.2) is 26.5 Å². The minimum Gasteiger partial charge on any atom is -0.391 e. The summed E-state index contributed by atoms with van der Waals surface area (Å²) in [6, 6.07) is 27.8. The van der Waals surface area contributed by atoms with E-state index in [0.717, 1.165) is 63.6 Å². The van der Waals surface area contributed by atoms with Gasteiger partial charge in [-0.15, -0.1) is 23.1 Å². The van der Waals surface area contributed by atoms with Crippen LogP contribution in [0.25, 0.3) is 16.0 Å². The van der Waals surface area contributed by atoms with Crippen LogP contribution in [0, 0.1) is 17.8 Å². The van der Waals surface area contributed by atoms with E-state index >= 15 is 4.79 Å². The SMILES string of the molecule is Cc1ncsc1-c1ccc([C@H](C)NC(=O)[C@@H]2C[C@@H](O)CN2C(=O)[C@@H](NC(=O)CCCCCC(=O)N2CCN(CC[C@H](CSc3ccccc3)Nc3ccc(S(=O)(=O)NC(=O)c4ccc5c(c4)N(C4CCOCC4)C(=O)C4CN(CC6=C(c7ccc(Cl)cc7)CCC(C)(C)C6)CCN54)cc3S(=O)(=O)C(F)(F)F)CC2)C(C)(C)C)cc1. The topological polar surface area (TPSA) is 281 Å². The fourth-order valence-corrected chi connectivity index (χ4v) is 20.2. The van der Waals surface area contributed by atoms with Crippen LogP contribution in [0.3, 0.4) is 0 Å². The predicted molar refractivity (Wildman–Crippen MR) is 437 cm³/mol. The van der Waals surface area contributed by atoms with Crippen molar-refractivity contribution in [3.63, 3.8) is 0 Å². The van der Waals surface area contributed by atoms with Crippen LogP contribution in [0.2, 0.25) is 5.02 Å². The highest BCUT2D eigenvalue weighted by molar-refractivity contribution is 7.99. The van der Waals surface area contributed by atoms with Crippen molar-refractivity contribution in [1.29, 1.82) is 0 Å². The molecule has 4 saturated heterocycles. The van der Waals surface area contributed by atoms with E-state index in [-0.39, 0.29) is 72.7 Å². The zero-order chi connectivity index (χ0) is 81.6. The minimum absolute atomic E-state index is 0.0411. The van der Waals surface area contributed by atoms with Crippen molar-refractivity contribution in [2.75, 3.05) is 99.5 Å². The van der Waals surface area contributed by atoms with Crippen LogP contribution in [0.5, 0.6) is 0 Å². The first kappa shape index (κ1) is 85.4. The Hall–Kier alpha value is -7.94. The maximum Gasteiger partial charge on any atom is 0.501 e. The average Bonchev–Trinajstić information content (AvgIpc) is 1.17. The fraction of sp³-hybridized carbons (Fsp3) is 0.506. The molecule has 0 spiro atoms. The number of carbonyl (C=O) groups is 6. The van der Waals surface area contributed by atoms with Crippen LogP contribution in [-0.4, -0.2) is 208 Å². The highest BCUT2D eigenvalue weighted by Gasteiger charge is 2.50. The quantitative estimate of drug-likeness (QED) is 0.0225. The molecule has 0 saturated carbocycles. The zero-order valence-electron chi connectivity index (χ0n) is 65.5. The molecule has 614 valence electrons. The van der Waals surface area contributed by atoms with E-state index in [1.807, 2.05) is 111 Å². The number of ether oxygens (including phenoxy) is 1. The highest BCUT2D eigenvalue weighted by atomic mass is 35.5. The second kappa shape index (κ2) is 36.3. The monoisotopic (exact) mass is 1670 g/mol. The lowest BCUT2D eigenvalue weighted by Crippen LogP contribution is -2.64. The van der Waals surface area contributed by atoms with Gasteiger partial charge in [-0.05, 0) is 159 Å². The molecule has 31 heteroatoms. The number of thiazole rings is 1. The molecule has 5 aliphatic heterocycles. The fourth-order valence-electron chi connectivity index (χ4n) is 16.2. The molecule has 6 atom stereocenters. The number of fused-ring (bicyclic) bond motifs is 3. The summed E-state index contributed by atoms with van der Waals surface area (Å²) in [5, 5.41) is 20.4. The Morgan fingerprint density at radius 1 is 0.807 bits per heavy atom. The Labute approximate surface area is 679 Å². The average molecular weight is 1670 g/mol. The Kier molecular flexibility index (Phi) is 27.2. The molecule has 12 rings (SSSR count).